The van der Waals surface area contributed by atoms with Gasteiger partial charge in [0.15, 0.2) is 0 Å². The van der Waals surface area contributed by atoms with E-state index in [1.807, 2.05) is 16.8 Å². The van der Waals surface area contributed by atoms with Crippen LogP contribution in [0.2, 0.25) is 0 Å². The molecular weight excluding hydrogens is 128 g/mol. The van der Waals surface area contributed by atoms with E-state index in [0.29, 0.717) is 5.84 Å². The summed E-state index contributed by atoms with van der Waals surface area (Å²) < 4.78 is 7.00. The number of imidazole rings is 1. The average Bonchev–Trinajstić information content (AvgIpc) is 2.44. The standard InChI is InChI=1S/C7H8N2O/c1-2-6-5-8-7-9(6)3-4-10-7/h3-5H,2H2,1H3. The molecule has 2 heterocycles. The molecule has 10 heavy (non-hydrogen) atoms. The number of rotatable bonds is 1. The van der Waals surface area contributed by atoms with Crippen LogP contribution in [0.4, 0.5) is 0 Å². The third-order valence-electron chi connectivity index (χ3n) is 1.59. The van der Waals surface area contributed by atoms with Gasteiger partial charge in [-0.3, -0.25) is 4.40 Å². The average molecular weight is 136 g/mol. The van der Waals surface area contributed by atoms with E-state index in [1.165, 1.54) is 5.69 Å². The molecule has 3 heteroatoms. The Morgan fingerprint density at radius 2 is 2.60 bits per heavy atom. The van der Waals surface area contributed by atoms with Crippen LogP contribution in [-0.2, 0) is 6.42 Å². The molecule has 0 N–H and O–H groups in total. The predicted octanol–water partition coefficient (Wildman–Crippen LogP) is 1.49. The number of nitrogens with zero attached hydrogens (tertiary/aromatic N) is 2. The van der Waals surface area contributed by atoms with E-state index in [9.17, 15) is 0 Å². The summed E-state index contributed by atoms with van der Waals surface area (Å²) in [5.41, 5.74) is 1.18. The molecule has 0 radical (unpaired) electrons. The van der Waals surface area contributed by atoms with Crippen molar-refractivity contribution in [2.45, 2.75) is 13.3 Å². The number of hydrogen-bond donors (Lipinski definition) is 0. The Hall–Kier alpha value is -1.25. The summed E-state index contributed by atoms with van der Waals surface area (Å²) in [6.07, 6.45) is 6.34. The summed E-state index contributed by atoms with van der Waals surface area (Å²) in [6.45, 7) is 2.09. The van der Waals surface area contributed by atoms with E-state index in [0.717, 1.165) is 6.42 Å². The van der Waals surface area contributed by atoms with Gasteiger partial charge in [-0.25, -0.2) is 4.98 Å². The van der Waals surface area contributed by atoms with Gasteiger partial charge in [0.2, 0.25) is 0 Å². The molecule has 0 aromatic carbocycles. The zero-order valence-corrected chi connectivity index (χ0v) is 5.74. The molecule has 0 atom stereocenters. The second kappa shape index (κ2) is 1.87. The van der Waals surface area contributed by atoms with Gasteiger partial charge in [0.25, 0.3) is 0 Å². The lowest BCUT2D eigenvalue weighted by Crippen LogP contribution is -1.83. The number of aryl methyl sites for hydroxylation is 1. The molecule has 0 bridgehead atoms. The Bertz CT molecular complexity index is 334. The smallest absolute Gasteiger partial charge is 0.305 e. The zero-order valence-electron chi connectivity index (χ0n) is 5.74. The molecule has 0 aliphatic carbocycles. The number of aromatic nitrogens is 2. The fourth-order valence-electron chi connectivity index (χ4n) is 1.04. The van der Waals surface area contributed by atoms with Gasteiger partial charge in [-0.05, 0) is 6.42 Å². The highest BCUT2D eigenvalue weighted by Crippen LogP contribution is 2.06. The molecule has 0 aliphatic rings. The van der Waals surface area contributed by atoms with Crippen molar-refractivity contribution >= 4 is 5.84 Å². The van der Waals surface area contributed by atoms with Crippen LogP contribution < -0.4 is 0 Å². The first-order valence-electron chi connectivity index (χ1n) is 3.31. The maximum Gasteiger partial charge on any atom is 0.305 e. The SMILES string of the molecule is CCc1cnc2occn12. The van der Waals surface area contributed by atoms with Gasteiger partial charge in [0.05, 0.1) is 6.20 Å². The Labute approximate surface area is 58.3 Å². The molecule has 2 aromatic heterocycles. The van der Waals surface area contributed by atoms with Crippen LogP contribution in [0.3, 0.4) is 0 Å². The van der Waals surface area contributed by atoms with Crippen molar-refractivity contribution in [3.05, 3.63) is 24.4 Å². The molecular formula is C7H8N2O. The molecule has 0 spiro atoms. The molecule has 0 fully saturated rings. The van der Waals surface area contributed by atoms with Crippen LogP contribution in [0.25, 0.3) is 5.84 Å². The van der Waals surface area contributed by atoms with Gasteiger partial charge in [-0.15, -0.1) is 0 Å². The topological polar surface area (TPSA) is 30.4 Å². The monoisotopic (exact) mass is 136 g/mol. The van der Waals surface area contributed by atoms with Crippen molar-refractivity contribution in [2.75, 3.05) is 0 Å². The van der Waals surface area contributed by atoms with Crippen molar-refractivity contribution in [3.8, 4) is 0 Å². The zero-order chi connectivity index (χ0) is 6.97. The summed E-state index contributed by atoms with van der Waals surface area (Å²) in [4.78, 5) is 4.05. The van der Waals surface area contributed by atoms with Crippen molar-refractivity contribution in [1.82, 2.24) is 9.38 Å². The minimum atomic E-state index is 0.678. The van der Waals surface area contributed by atoms with Gasteiger partial charge in [-0.1, -0.05) is 6.92 Å². The summed E-state index contributed by atoms with van der Waals surface area (Å²) in [5, 5.41) is 0. The summed E-state index contributed by atoms with van der Waals surface area (Å²) in [5.74, 6) is 0.678. The Balaban J connectivity index is 2.76. The van der Waals surface area contributed by atoms with Crippen molar-refractivity contribution in [2.24, 2.45) is 0 Å². The molecule has 2 aromatic rings. The Morgan fingerprint density at radius 1 is 1.70 bits per heavy atom. The molecule has 2 rings (SSSR count). The fraction of sp³-hybridized carbons (Fsp3) is 0.286. The molecule has 52 valence electrons. The van der Waals surface area contributed by atoms with Gasteiger partial charge in [0.1, 0.15) is 6.26 Å². The van der Waals surface area contributed by atoms with Gasteiger partial charge < -0.3 is 4.42 Å². The van der Waals surface area contributed by atoms with Gasteiger partial charge in [-0.2, -0.15) is 0 Å². The molecule has 0 saturated carbocycles. The lowest BCUT2D eigenvalue weighted by Gasteiger charge is -1.86. The molecule has 3 nitrogen and oxygen atoms in total. The van der Waals surface area contributed by atoms with Crippen LogP contribution in [-0.4, -0.2) is 9.38 Å². The summed E-state index contributed by atoms with van der Waals surface area (Å²) in [6, 6.07) is 0. The highest BCUT2D eigenvalue weighted by Gasteiger charge is 2.00. The van der Waals surface area contributed by atoms with E-state index in [2.05, 4.69) is 11.9 Å². The Kier molecular flexibility index (Phi) is 1.03. The quantitative estimate of drug-likeness (QED) is 0.594. The van der Waals surface area contributed by atoms with Crippen molar-refractivity contribution in [3.63, 3.8) is 0 Å². The maximum absolute atomic E-state index is 5.05. The highest BCUT2D eigenvalue weighted by molar-refractivity contribution is 5.26. The Morgan fingerprint density at radius 3 is 3.40 bits per heavy atom. The second-order valence-corrected chi connectivity index (χ2v) is 2.16. The van der Waals surface area contributed by atoms with E-state index >= 15 is 0 Å². The van der Waals surface area contributed by atoms with Crippen LogP contribution in [0.15, 0.2) is 23.1 Å². The molecule has 0 unspecified atom stereocenters. The second-order valence-electron chi connectivity index (χ2n) is 2.16. The van der Waals surface area contributed by atoms with Crippen LogP contribution in [0.5, 0.6) is 0 Å². The minimum absolute atomic E-state index is 0.678. The van der Waals surface area contributed by atoms with Gasteiger partial charge in [0, 0.05) is 11.9 Å². The highest BCUT2D eigenvalue weighted by atomic mass is 16.3. The minimum Gasteiger partial charge on any atom is -0.432 e. The maximum atomic E-state index is 5.05. The third-order valence-corrected chi connectivity index (χ3v) is 1.59. The molecule has 0 saturated heterocycles. The predicted molar refractivity (Wildman–Crippen MR) is 36.8 cm³/mol. The van der Waals surface area contributed by atoms with E-state index < -0.39 is 0 Å². The molecule has 0 amide bonds. The third kappa shape index (κ3) is 0.572. The normalized spacial score (nSPS) is 10.9. The number of hydrogen-bond acceptors (Lipinski definition) is 2. The van der Waals surface area contributed by atoms with Gasteiger partial charge >= 0.3 is 5.84 Å². The number of fused-ring (bicyclic) bond motifs is 1. The lowest BCUT2D eigenvalue weighted by molar-refractivity contribution is 0.595. The fourth-order valence-corrected chi connectivity index (χ4v) is 1.04. The first-order chi connectivity index (χ1) is 4.92. The van der Waals surface area contributed by atoms with Crippen LogP contribution in [0.1, 0.15) is 12.6 Å². The largest absolute Gasteiger partial charge is 0.432 e. The van der Waals surface area contributed by atoms with E-state index in [1.54, 1.807) is 6.26 Å². The first kappa shape index (κ1) is 5.53. The van der Waals surface area contributed by atoms with Crippen molar-refractivity contribution < 1.29 is 4.42 Å². The van der Waals surface area contributed by atoms with Crippen LogP contribution in [0, 0.1) is 0 Å². The summed E-state index contributed by atoms with van der Waals surface area (Å²) >= 11 is 0. The van der Waals surface area contributed by atoms with E-state index in [4.69, 9.17) is 4.42 Å². The number of oxazole rings is 1. The first-order valence-corrected chi connectivity index (χ1v) is 3.31. The van der Waals surface area contributed by atoms with Crippen molar-refractivity contribution in [1.29, 1.82) is 0 Å². The molecule has 0 aliphatic heterocycles. The lowest BCUT2D eigenvalue weighted by atomic mass is 10.4. The van der Waals surface area contributed by atoms with Crippen LogP contribution >= 0.6 is 0 Å². The summed E-state index contributed by atoms with van der Waals surface area (Å²) in [7, 11) is 0. The van der Waals surface area contributed by atoms with E-state index in [-0.39, 0.29) is 0 Å².